The summed E-state index contributed by atoms with van der Waals surface area (Å²) in [5.41, 5.74) is 0. The average Bonchev–Trinajstić information content (AvgIpc) is 2.55. The highest BCUT2D eigenvalue weighted by Gasteiger charge is 2.39. The van der Waals surface area contributed by atoms with Crippen molar-refractivity contribution >= 4 is 18.0 Å². The van der Waals surface area contributed by atoms with Gasteiger partial charge in [-0.2, -0.15) is 0 Å². The Morgan fingerprint density at radius 2 is 1.88 bits per heavy atom. The van der Waals surface area contributed by atoms with Gasteiger partial charge in [-0.3, -0.25) is 9.69 Å². The van der Waals surface area contributed by atoms with E-state index in [2.05, 4.69) is 0 Å². The fourth-order valence-electron chi connectivity index (χ4n) is 2.60. The Bertz CT molecular complexity index is 588. The van der Waals surface area contributed by atoms with E-state index in [1.165, 1.54) is 11.8 Å². The van der Waals surface area contributed by atoms with E-state index in [-0.39, 0.29) is 13.2 Å². The predicted molar refractivity (Wildman–Crippen MR) is 84.4 cm³/mol. The van der Waals surface area contributed by atoms with Crippen molar-refractivity contribution in [3.63, 3.8) is 0 Å². The molecule has 1 saturated heterocycles. The van der Waals surface area contributed by atoms with Crippen molar-refractivity contribution in [3.8, 4) is 5.75 Å². The number of nitrogens with zero attached hydrogens (tertiary/aromatic N) is 1. The molecular weight excluding hydrogens is 314 g/mol. The Kier molecular flexibility index (Phi) is 6.17. The molecule has 0 spiro atoms. The van der Waals surface area contributed by atoms with Crippen LogP contribution in [-0.4, -0.2) is 48.2 Å². The first-order chi connectivity index (χ1) is 11.5. The van der Waals surface area contributed by atoms with Gasteiger partial charge >= 0.3 is 18.0 Å². The summed E-state index contributed by atoms with van der Waals surface area (Å²) < 4.78 is 15.5. The summed E-state index contributed by atoms with van der Waals surface area (Å²) in [6.07, 6.45) is -0.300. The SMILES string of the molecule is CCOC(=O)[C@@H]1CC[C@@H](OC(C)=O)CN1C(=O)Oc1ccccc1. The van der Waals surface area contributed by atoms with Crippen molar-refractivity contribution in [2.75, 3.05) is 13.2 Å². The Labute approximate surface area is 140 Å². The summed E-state index contributed by atoms with van der Waals surface area (Å²) in [5.74, 6) is -0.533. The molecule has 0 bridgehead atoms. The third kappa shape index (κ3) is 4.71. The summed E-state index contributed by atoms with van der Waals surface area (Å²) in [7, 11) is 0. The van der Waals surface area contributed by atoms with E-state index >= 15 is 0 Å². The largest absolute Gasteiger partial charge is 0.464 e. The van der Waals surface area contributed by atoms with Crippen LogP contribution in [0, 0.1) is 0 Å². The molecule has 0 radical (unpaired) electrons. The number of carbonyl (C=O) groups excluding carboxylic acids is 3. The molecule has 0 N–H and O–H groups in total. The van der Waals surface area contributed by atoms with Gasteiger partial charge in [0.15, 0.2) is 0 Å². The number of esters is 2. The predicted octanol–water partition coefficient (Wildman–Crippen LogP) is 2.14. The molecule has 1 fully saturated rings. The van der Waals surface area contributed by atoms with Gasteiger partial charge in [-0.05, 0) is 31.9 Å². The van der Waals surface area contributed by atoms with E-state index in [9.17, 15) is 14.4 Å². The lowest BCUT2D eigenvalue weighted by Gasteiger charge is -2.36. The maximum absolute atomic E-state index is 12.5. The van der Waals surface area contributed by atoms with Gasteiger partial charge in [0.2, 0.25) is 0 Å². The zero-order valence-corrected chi connectivity index (χ0v) is 13.8. The highest BCUT2D eigenvalue weighted by Crippen LogP contribution is 2.23. The number of amides is 1. The lowest BCUT2D eigenvalue weighted by molar-refractivity contribution is -0.155. The molecule has 2 rings (SSSR count). The van der Waals surface area contributed by atoms with Crippen molar-refractivity contribution in [1.82, 2.24) is 4.90 Å². The van der Waals surface area contributed by atoms with E-state index in [0.717, 1.165) is 0 Å². The number of piperidine rings is 1. The second-order valence-electron chi connectivity index (χ2n) is 5.41. The number of benzene rings is 1. The van der Waals surface area contributed by atoms with Crippen LogP contribution in [-0.2, 0) is 19.1 Å². The Morgan fingerprint density at radius 1 is 1.17 bits per heavy atom. The lowest BCUT2D eigenvalue weighted by Crippen LogP contribution is -2.54. The summed E-state index contributed by atoms with van der Waals surface area (Å²) in [6.45, 7) is 3.33. The highest BCUT2D eigenvalue weighted by atomic mass is 16.6. The van der Waals surface area contributed by atoms with Crippen LogP contribution in [0.25, 0.3) is 0 Å². The maximum atomic E-state index is 12.5. The molecule has 1 aliphatic heterocycles. The van der Waals surface area contributed by atoms with Crippen molar-refractivity contribution in [3.05, 3.63) is 30.3 Å². The third-order valence-electron chi connectivity index (χ3n) is 3.61. The van der Waals surface area contributed by atoms with Crippen LogP contribution in [0.5, 0.6) is 5.75 Å². The smallest absolute Gasteiger partial charge is 0.416 e. The summed E-state index contributed by atoms with van der Waals surface area (Å²) in [4.78, 5) is 37.0. The molecule has 7 heteroatoms. The van der Waals surface area contributed by atoms with Crippen LogP contribution in [0.4, 0.5) is 4.79 Å². The minimum absolute atomic E-state index is 0.0920. The van der Waals surface area contributed by atoms with E-state index in [1.54, 1.807) is 37.3 Å². The van der Waals surface area contributed by atoms with Gasteiger partial charge in [0.25, 0.3) is 0 Å². The minimum Gasteiger partial charge on any atom is -0.464 e. The fourth-order valence-corrected chi connectivity index (χ4v) is 2.60. The number of carbonyl (C=O) groups is 3. The van der Waals surface area contributed by atoms with Crippen LogP contribution in [0.2, 0.25) is 0 Å². The van der Waals surface area contributed by atoms with Gasteiger partial charge in [-0.1, -0.05) is 18.2 Å². The van der Waals surface area contributed by atoms with Crippen molar-refractivity contribution < 1.29 is 28.6 Å². The summed E-state index contributed by atoms with van der Waals surface area (Å²) in [6, 6.07) is 7.83. The standard InChI is InChI=1S/C17H21NO6/c1-3-22-16(20)15-10-9-14(23-12(2)19)11-18(15)17(21)24-13-7-5-4-6-8-13/h4-8,14-15H,3,9-11H2,1-2H3/t14-,15+/m1/s1. The van der Waals surface area contributed by atoms with Gasteiger partial charge < -0.3 is 14.2 Å². The van der Waals surface area contributed by atoms with E-state index < -0.39 is 30.2 Å². The molecule has 24 heavy (non-hydrogen) atoms. The summed E-state index contributed by atoms with van der Waals surface area (Å²) in [5, 5.41) is 0. The molecular formula is C17H21NO6. The first-order valence-corrected chi connectivity index (χ1v) is 7.88. The number of hydrogen-bond acceptors (Lipinski definition) is 6. The van der Waals surface area contributed by atoms with Gasteiger partial charge in [0, 0.05) is 6.92 Å². The molecule has 1 amide bonds. The normalized spacial score (nSPS) is 20.2. The van der Waals surface area contributed by atoms with Crippen LogP contribution >= 0.6 is 0 Å². The highest BCUT2D eigenvalue weighted by molar-refractivity contribution is 5.82. The van der Waals surface area contributed by atoms with Crippen molar-refractivity contribution in [1.29, 1.82) is 0 Å². The maximum Gasteiger partial charge on any atom is 0.416 e. The van der Waals surface area contributed by atoms with Gasteiger partial charge in [0.05, 0.1) is 13.2 Å². The molecule has 1 aromatic carbocycles. The van der Waals surface area contributed by atoms with Crippen LogP contribution < -0.4 is 4.74 Å². The molecule has 0 aromatic heterocycles. The number of likely N-dealkylation sites (tertiary alicyclic amines) is 1. The number of hydrogen-bond donors (Lipinski definition) is 0. The minimum atomic E-state index is -0.743. The van der Waals surface area contributed by atoms with E-state index in [0.29, 0.717) is 18.6 Å². The number of para-hydroxylation sites is 1. The topological polar surface area (TPSA) is 82.1 Å². The molecule has 0 unspecified atom stereocenters. The van der Waals surface area contributed by atoms with Crippen molar-refractivity contribution in [2.24, 2.45) is 0 Å². The molecule has 0 aliphatic carbocycles. The average molecular weight is 335 g/mol. The lowest BCUT2D eigenvalue weighted by atomic mass is 10.0. The zero-order chi connectivity index (χ0) is 17.5. The second-order valence-corrected chi connectivity index (χ2v) is 5.41. The fraction of sp³-hybridized carbons (Fsp3) is 0.471. The van der Waals surface area contributed by atoms with Crippen LogP contribution in [0.15, 0.2) is 30.3 Å². The molecule has 130 valence electrons. The monoisotopic (exact) mass is 335 g/mol. The van der Waals surface area contributed by atoms with Crippen LogP contribution in [0.3, 0.4) is 0 Å². The zero-order valence-electron chi connectivity index (χ0n) is 13.8. The molecule has 1 heterocycles. The van der Waals surface area contributed by atoms with Gasteiger partial charge in [-0.15, -0.1) is 0 Å². The number of rotatable bonds is 4. The summed E-state index contributed by atoms with van der Waals surface area (Å²) >= 11 is 0. The van der Waals surface area contributed by atoms with E-state index in [4.69, 9.17) is 14.2 Å². The van der Waals surface area contributed by atoms with E-state index in [1.807, 2.05) is 0 Å². The quantitative estimate of drug-likeness (QED) is 0.784. The molecule has 1 aromatic rings. The Balaban J connectivity index is 2.12. The van der Waals surface area contributed by atoms with Crippen molar-refractivity contribution in [2.45, 2.75) is 38.8 Å². The first kappa shape index (κ1) is 17.8. The molecule has 1 aliphatic rings. The third-order valence-corrected chi connectivity index (χ3v) is 3.61. The van der Waals surface area contributed by atoms with Gasteiger partial charge in [-0.25, -0.2) is 9.59 Å². The molecule has 0 saturated carbocycles. The second kappa shape index (κ2) is 8.33. The molecule has 7 nitrogen and oxygen atoms in total. The molecule has 2 atom stereocenters. The first-order valence-electron chi connectivity index (χ1n) is 7.88. The van der Waals surface area contributed by atoms with Crippen LogP contribution in [0.1, 0.15) is 26.7 Å². The Hall–Kier alpha value is -2.57. The van der Waals surface area contributed by atoms with Gasteiger partial charge in [0.1, 0.15) is 17.9 Å². The number of ether oxygens (including phenoxy) is 3. The Morgan fingerprint density at radius 3 is 2.50 bits per heavy atom.